The molecule has 0 bridgehead atoms. The molecule has 0 radical (unpaired) electrons. The average molecular weight is 322 g/mol. The fraction of sp³-hybridized carbons (Fsp3) is 0.500. The van der Waals surface area contributed by atoms with E-state index in [0.717, 1.165) is 4.90 Å². The highest BCUT2D eigenvalue weighted by Crippen LogP contribution is 2.33. The van der Waals surface area contributed by atoms with E-state index in [2.05, 4.69) is 15.5 Å². The average Bonchev–Trinajstić information content (AvgIpc) is 2.91. The maximum absolute atomic E-state index is 12.4. The lowest BCUT2D eigenvalue weighted by atomic mass is 9.96. The van der Waals surface area contributed by atoms with Gasteiger partial charge in [0.15, 0.2) is 0 Å². The Morgan fingerprint density at radius 3 is 2.33 bits per heavy atom. The summed E-state index contributed by atoms with van der Waals surface area (Å²) in [7, 11) is 1.24. The van der Waals surface area contributed by atoms with Gasteiger partial charge in [0, 0.05) is 7.05 Å². The Hall–Kier alpha value is -2.04. The summed E-state index contributed by atoms with van der Waals surface area (Å²) in [6, 6.07) is 0. The second-order valence-corrected chi connectivity index (χ2v) is 5.38. The second kappa shape index (κ2) is 5.06. The molecule has 1 fully saturated rings. The molecule has 1 aliphatic heterocycles. The number of alkyl halides is 3. The molecular weight excluding hydrogens is 313 g/mol. The first-order valence-corrected chi connectivity index (χ1v) is 6.47. The van der Waals surface area contributed by atoms with Gasteiger partial charge in [0.1, 0.15) is 5.92 Å². The molecular formula is C10H9F3N4O3S. The highest BCUT2D eigenvalue weighted by molar-refractivity contribution is 7.15. The molecule has 11 heteroatoms. The van der Waals surface area contributed by atoms with Crippen LogP contribution in [0.3, 0.4) is 0 Å². The Labute approximate surface area is 120 Å². The standard InChI is InChI=1S/C10H9F3N4O3S/c1-3-4(7(20)17(2)6(3)19)5(18)14-9-16-15-8(21-9)10(11,12)13/h3-4H,1-2H3,(H,14,16,18). The summed E-state index contributed by atoms with van der Waals surface area (Å²) in [6.07, 6.45) is -4.66. The first-order valence-electron chi connectivity index (χ1n) is 5.66. The number of anilines is 1. The third kappa shape index (κ3) is 2.73. The number of aromatic nitrogens is 2. The number of likely N-dealkylation sites (tertiary alicyclic amines) is 1. The zero-order chi connectivity index (χ0) is 15.9. The minimum Gasteiger partial charge on any atom is -0.300 e. The van der Waals surface area contributed by atoms with Crippen molar-refractivity contribution >= 4 is 34.2 Å². The Morgan fingerprint density at radius 2 is 1.90 bits per heavy atom. The van der Waals surface area contributed by atoms with E-state index < -0.39 is 40.7 Å². The minimum atomic E-state index is -4.66. The van der Waals surface area contributed by atoms with E-state index in [1.165, 1.54) is 14.0 Å². The van der Waals surface area contributed by atoms with Crippen LogP contribution in [0.4, 0.5) is 18.3 Å². The summed E-state index contributed by atoms with van der Waals surface area (Å²) in [4.78, 5) is 36.1. The van der Waals surface area contributed by atoms with Crippen LogP contribution in [0.2, 0.25) is 0 Å². The van der Waals surface area contributed by atoms with Crippen LogP contribution >= 0.6 is 11.3 Å². The Bertz CT molecular complexity index is 615. The van der Waals surface area contributed by atoms with Gasteiger partial charge in [-0.1, -0.05) is 18.3 Å². The summed E-state index contributed by atoms with van der Waals surface area (Å²) in [6.45, 7) is 1.40. The predicted molar refractivity (Wildman–Crippen MR) is 64.0 cm³/mol. The van der Waals surface area contributed by atoms with Crippen LogP contribution in [-0.2, 0) is 20.6 Å². The molecule has 2 heterocycles. The lowest BCUT2D eigenvalue weighted by Gasteiger charge is -2.09. The topological polar surface area (TPSA) is 92.3 Å². The molecule has 1 N–H and O–H groups in total. The fourth-order valence-corrected chi connectivity index (χ4v) is 2.50. The number of hydrogen-bond donors (Lipinski definition) is 1. The van der Waals surface area contributed by atoms with Crippen LogP contribution in [0, 0.1) is 11.8 Å². The van der Waals surface area contributed by atoms with Gasteiger partial charge in [0.2, 0.25) is 27.9 Å². The molecule has 0 spiro atoms. The van der Waals surface area contributed by atoms with Gasteiger partial charge in [-0.05, 0) is 0 Å². The van der Waals surface area contributed by atoms with Crippen molar-refractivity contribution in [3.63, 3.8) is 0 Å². The van der Waals surface area contributed by atoms with Crippen LogP contribution in [-0.4, -0.2) is 39.9 Å². The Kier molecular flexibility index (Phi) is 3.70. The molecule has 2 unspecified atom stereocenters. The molecule has 0 saturated carbocycles. The van der Waals surface area contributed by atoms with E-state index in [1.54, 1.807) is 0 Å². The molecule has 21 heavy (non-hydrogen) atoms. The third-order valence-corrected chi connectivity index (χ3v) is 3.88. The largest absolute Gasteiger partial charge is 0.445 e. The van der Waals surface area contributed by atoms with Crippen LogP contribution in [0.25, 0.3) is 0 Å². The lowest BCUT2D eigenvalue weighted by molar-refractivity contribution is -0.139. The van der Waals surface area contributed by atoms with E-state index in [9.17, 15) is 27.6 Å². The molecule has 114 valence electrons. The van der Waals surface area contributed by atoms with E-state index >= 15 is 0 Å². The summed E-state index contributed by atoms with van der Waals surface area (Å²) < 4.78 is 37.1. The summed E-state index contributed by atoms with van der Waals surface area (Å²) in [5.74, 6) is -4.26. The molecule has 0 aromatic carbocycles. The summed E-state index contributed by atoms with van der Waals surface area (Å²) >= 11 is 0.142. The molecule has 3 amide bonds. The number of imide groups is 1. The molecule has 1 aromatic rings. The normalized spacial score (nSPS) is 22.8. The molecule has 1 saturated heterocycles. The second-order valence-electron chi connectivity index (χ2n) is 4.40. The Morgan fingerprint density at radius 1 is 1.29 bits per heavy atom. The number of hydrogen-bond acceptors (Lipinski definition) is 6. The molecule has 0 aliphatic carbocycles. The van der Waals surface area contributed by atoms with E-state index in [4.69, 9.17) is 0 Å². The monoisotopic (exact) mass is 322 g/mol. The van der Waals surface area contributed by atoms with Crippen LogP contribution in [0.1, 0.15) is 11.9 Å². The first-order chi connectivity index (χ1) is 9.62. The third-order valence-electron chi connectivity index (χ3n) is 3.00. The Balaban J connectivity index is 2.14. The van der Waals surface area contributed by atoms with Gasteiger partial charge in [-0.3, -0.25) is 24.6 Å². The van der Waals surface area contributed by atoms with Crippen molar-refractivity contribution in [2.45, 2.75) is 13.1 Å². The van der Waals surface area contributed by atoms with Gasteiger partial charge < -0.3 is 0 Å². The number of amides is 3. The van der Waals surface area contributed by atoms with Gasteiger partial charge >= 0.3 is 6.18 Å². The van der Waals surface area contributed by atoms with E-state index in [-0.39, 0.29) is 16.5 Å². The zero-order valence-corrected chi connectivity index (χ0v) is 11.6. The highest BCUT2D eigenvalue weighted by Gasteiger charge is 2.47. The van der Waals surface area contributed by atoms with Crippen molar-refractivity contribution in [1.82, 2.24) is 15.1 Å². The van der Waals surface area contributed by atoms with E-state index in [0.29, 0.717) is 0 Å². The maximum Gasteiger partial charge on any atom is 0.445 e. The zero-order valence-electron chi connectivity index (χ0n) is 10.8. The van der Waals surface area contributed by atoms with Crippen LogP contribution in [0.5, 0.6) is 0 Å². The molecule has 2 rings (SSSR count). The van der Waals surface area contributed by atoms with Crippen molar-refractivity contribution < 1.29 is 27.6 Å². The van der Waals surface area contributed by atoms with Crippen molar-refractivity contribution in [3.05, 3.63) is 5.01 Å². The van der Waals surface area contributed by atoms with Crippen molar-refractivity contribution in [2.24, 2.45) is 11.8 Å². The lowest BCUT2D eigenvalue weighted by Crippen LogP contribution is -2.32. The number of nitrogens with one attached hydrogen (secondary N) is 1. The number of nitrogens with zero attached hydrogens (tertiary/aromatic N) is 3. The number of halogens is 3. The predicted octanol–water partition coefficient (Wildman–Crippen LogP) is 0.746. The van der Waals surface area contributed by atoms with Gasteiger partial charge in [-0.25, -0.2) is 0 Å². The first kappa shape index (κ1) is 15.4. The molecule has 1 aromatic heterocycles. The minimum absolute atomic E-state index is 0.142. The number of carbonyl (C=O) groups excluding carboxylic acids is 3. The summed E-state index contributed by atoms with van der Waals surface area (Å²) in [5, 5.41) is 6.58. The van der Waals surface area contributed by atoms with Gasteiger partial charge in [-0.2, -0.15) is 13.2 Å². The maximum atomic E-state index is 12.4. The highest BCUT2D eigenvalue weighted by atomic mass is 32.1. The molecule has 1 aliphatic rings. The molecule has 7 nitrogen and oxygen atoms in total. The fourth-order valence-electron chi connectivity index (χ4n) is 1.89. The van der Waals surface area contributed by atoms with Gasteiger partial charge in [-0.15, -0.1) is 10.2 Å². The summed E-state index contributed by atoms with van der Waals surface area (Å²) in [5.41, 5.74) is 0. The van der Waals surface area contributed by atoms with E-state index in [1.807, 2.05) is 0 Å². The number of carbonyl (C=O) groups is 3. The molecule has 2 atom stereocenters. The van der Waals surface area contributed by atoms with Gasteiger partial charge in [0.25, 0.3) is 0 Å². The SMILES string of the molecule is CC1C(=O)N(C)C(=O)C1C(=O)Nc1nnc(C(F)(F)F)s1. The quantitative estimate of drug-likeness (QED) is 0.640. The van der Waals surface area contributed by atoms with Crippen molar-refractivity contribution in [2.75, 3.05) is 12.4 Å². The van der Waals surface area contributed by atoms with Crippen LogP contribution in [0.15, 0.2) is 0 Å². The smallest absolute Gasteiger partial charge is 0.300 e. The number of rotatable bonds is 2. The van der Waals surface area contributed by atoms with Crippen LogP contribution < -0.4 is 5.32 Å². The van der Waals surface area contributed by atoms with Crippen molar-refractivity contribution in [3.8, 4) is 0 Å². The van der Waals surface area contributed by atoms with Crippen molar-refractivity contribution in [1.29, 1.82) is 0 Å². The van der Waals surface area contributed by atoms with Gasteiger partial charge in [0.05, 0.1) is 5.92 Å².